The van der Waals surface area contributed by atoms with Crippen LogP contribution >= 0.6 is 23.1 Å². The van der Waals surface area contributed by atoms with Crippen LogP contribution in [0.1, 0.15) is 10.4 Å². The normalized spacial score (nSPS) is 11.0. The summed E-state index contributed by atoms with van der Waals surface area (Å²) in [4.78, 5) is 41.6. The van der Waals surface area contributed by atoms with Crippen LogP contribution in [0, 0.1) is 0 Å². The number of carbonyl (C=O) groups is 1. The van der Waals surface area contributed by atoms with E-state index in [0.717, 1.165) is 25.8 Å². The van der Waals surface area contributed by atoms with Crippen molar-refractivity contribution in [1.82, 2.24) is 24.3 Å². The second-order valence-electron chi connectivity index (χ2n) is 5.12. The first-order valence-corrected chi connectivity index (χ1v) is 8.94. The first kappa shape index (κ1) is 17.2. The zero-order valence-electron chi connectivity index (χ0n) is 13.3. The zero-order chi connectivity index (χ0) is 18.1. The van der Waals surface area contributed by atoms with E-state index in [0.29, 0.717) is 11.0 Å². The van der Waals surface area contributed by atoms with Crippen LogP contribution in [0.5, 0.6) is 0 Å². The average Bonchev–Trinajstić information content (AvgIpc) is 3.27. The van der Waals surface area contributed by atoms with Crippen molar-refractivity contribution in [1.29, 1.82) is 0 Å². The molecular weight excluding hydrogens is 364 g/mol. The van der Waals surface area contributed by atoms with E-state index in [1.165, 1.54) is 25.4 Å². The lowest BCUT2D eigenvalue weighted by molar-refractivity contribution is 0.102. The van der Waals surface area contributed by atoms with Crippen LogP contribution < -0.4 is 17.0 Å². The van der Waals surface area contributed by atoms with Gasteiger partial charge in [-0.05, 0) is 11.4 Å². The second kappa shape index (κ2) is 6.69. The van der Waals surface area contributed by atoms with Gasteiger partial charge in [0.15, 0.2) is 11.6 Å². The number of thiophene rings is 1. The molecule has 0 spiro atoms. The molecule has 0 amide bonds. The molecule has 25 heavy (non-hydrogen) atoms. The van der Waals surface area contributed by atoms with Gasteiger partial charge >= 0.3 is 5.69 Å². The number of rotatable bonds is 5. The summed E-state index contributed by atoms with van der Waals surface area (Å²) in [5, 5.41) is 9.15. The van der Waals surface area contributed by atoms with E-state index in [4.69, 9.17) is 5.73 Å². The maximum absolute atomic E-state index is 12.4. The van der Waals surface area contributed by atoms with E-state index in [9.17, 15) is 14.4 Å². The number of nitrogens with zero attached hydrogens (tertiary/aromatic N) is 4. The monoisotopic (exact) mass is 378 g/mol. The molecular formula is C14H14N6O3S2. The van der Waals surface area contributed by atoms with Gasteiger partial charge in [-0.15, -0.1) is 16.4 Å². The molecule has 0 saturated heterocycles. The largest absolute Gasteiger partial charge is 0.384 e. The Labute approximate surface area is 149 Å². The first-order valence-electron chi connectivity index (χ1n) is 7.08. The molecule has 3 rings (SSSR count). The Balaban J connectivity index is 1.80. The summed E-state index contributed by atoms with van der Waals surface area (Å²) in [6, 6.07) is 3.80. The molecule has 0 radical (unpaired) electrons. The van der Waals surface area contributed by atoms with Crippen molar-refractivity contribution < 1.29 is 4.79 Å². The van der Waals surface area contributed by atoms with E-state index in [1.54, 1.807) is 0 Å². The van der Waals surface area contributed by atoms with Crippen LogP contribution in [-0.2, 0) is 14.1 Å². The lowest BCUT2D eigenvalue weighted by atomic mass is 10.2. The maximum Gasteiger partial charge on any atom is 0.332 e. The van der Waals surface area contributed by atoms with Gasteiger partial charge in [-0.25, -0.2) is 9.78 Å². The Bertz CT molecular complexity index is 1050. The fourth-order valence-electron chi connectivity index (χ4n) is 2.16. The molecule has 0 saturated carbocycles. The third-order valence-corrected chi connectivity index (χ3v) is 5.26. The number of H-pyrrole nitrogens is 1. The van der Waals surface area contributed by atoms with Crippen molar-refractivity contribution in [2.24, 2.45) is 14.1 Å². The molecule has 0 unspecified atom stereocenters. The molecule has 0 aliphatic carbocycles. The highest BCUT2D eigenvalue weighted by Crippen LogP contribution is 2.23. The lowest BCUT2D eigenvalue weighted by Crippen LogP contribution is -2.41. The van der Waals surface area contributed by atoms with Crippen LogP contribution in [0.4, 0.5) is 5.82 Å². The molecule has 11 heteroatoms. The number of anilines is 1. The van der Waals surface area contributed by atoms with Crippen LogP contribution in [-0.4, -0.2) is 35.9 Å². The van der Waals surface area contributed by atoms with Gasteiger partial charge in [0, 0.05) is 14.1 Å². The third-order valence-electron chi connectivity index (χ3n) is 3.54. The minimum atomic E-state index is -0.708. The quantitative estimate of drug-likeness (QED) is 0.488. The molecule has 3 N–H and O–H groups in total. The summed E-state index contributed by atoms with van der Waals surface area (Å²) in [6.07, 6.45) is 0. The summed E-state index contributed by atoms with van der Waals surface area (Å²) in [6.45, 7) is 0. The molecule has 3 aromatic heterocycles. The number of nitrogens with one attached hydrogen (secondary N) is 1. The Hall–Kier alpha value is -2.66. The highest BCUT2D eigenvalue weighted by atomic mass is 32.2. The number of Topliss-reactive ketones (excluding diaryl/α,β-unsaturated/α-hetero) is 1. The Morgan fingerprint density at radius 3 is 2.80 bits per heavy atom. The fraction of sp³-hybridized carbons (Fsp3) is 0.214. The van der Waals surface area contributed by atoms with Crippen molar-refractivity contribution >= 4 is 34.7 Å². The first-order chi connectivity index (χ1) is 11.9. The van der Waals surface area contributed by atoms with E-state index >= 15 is 0 Å². The van der Waals surface area contributed by atoms with Gasteiger partial charge in [0.25, 0.3) is 5.56 Å². The zero-order valence-corrected chi connectivity index (χ0v) is 15.0. The van der Waals surface area contributed by atoms with Crippen LogP contribution in [0.25, 0.3) is 10.7 Å². The predicted octanol–water partition coefficient (Wildman–Crippen LogP) is 0.488. The van der Waals surface area contributed by atoms with Gasteiger partial charge in [-0.3, -0.25) is 23.8 Å². The minimum absolute atomic E-state index is 0.0701. The Morgan fingerprint density at radius 1 is 1.36 bits per heavy atom. The number of nitrogen functional groups attached to an aromatic ring is 1. The predicted molar refractivity (Wildman–Crippen MR) is 96.1 cm³/mol. The Morgan fingerprint density at radius 2 is 2.12 bits per heavy atom. The molecule has 3 aromatic rings. The second-order valence-corrected chi connectivity index (χ2v) is 7.01. The van der Waals surface area contributed by atoms with Gasteiger partial charge in [0.05, 0.1) is 10.6 Å². The van der Waals surface area contributed by atoms with Crippen LogP contribution in [0.2, 0.25) is 0 Å². The summed E-state index contributed by atoms with van der Waals surface area (Å²) < 4.78 is 1.93. The van der Waals surface area contributed by atoms with Crippen molar-refractivity contribution in [3.05, 3.63) is 43.9 Å². The molecule has 130 valence electrons. The maximum atomic E-state index is 12.4. The molecule has 0 aromatic carbocycles. The fourth-order valence-corrected chi connectivity index (χ4v) is 3.49. The van der Waals surface area contributed by atoms with E-state index in [-0.39, 0.29) is 17.1 Å². The standard InChI is InChI=1S/C14H14N6O3S2/c1-19-10(15)9(12(22)20(2)14(19)23)7(21)6-25-13-16-11(17-18-13)8-4-3-5-24-8/h3-5H,6,15H2,1-2H3,(H,16,17,18). The molecule has 0 fully saturated rings. The number of hydrogen-bond donors (Lipinski definition) is 2. The van der Waals surface area contributed by atoms with Crippen LogP contribution in [0.3, 0.4) is 0 Å². The summed E-state index contributed by atoms with van der Waals surface area (Å²) in [7, 11) is 2.71. The smallest absolute Gasteiger partial charge is 0.332 e. The van der Waals surface area contributed by atoms with Crippen molar-refractivity contribution in [2.45, 2.75) is 5.16 Å². The third kappa shape index (κ3) is 3.15. The number of hydrogen-bond acceptors (Lipinski definition) is 8. The van der Waals surface area contributed by atoms with Gasteiger partial charge in [0.2, 0.25) is 5.16 Å². The average molecular weight is 378 g/mol. The number of ketones is 1. The topological polar surface area (TPSA) is 129 Å². The van der Waals surface area contributed by atoms with Crippen molar-refractivity contribution in [3.8, 4) is 10.7 Å². The highest BCUT2D eigenvalue weighted by Gasteiger charge is 2.21. The molecule has 0 aliphatic rings. The molecule has 0 bridgehead atoms. The molecule has 9 nitrogen and oxygen atoms in total. The van der Waals surface area contributed by atoms with Gasteiger partial charge in [-0.2, -0.15) is 0 Å². The van der Waals surface area contributed by atoms with Gasteiger partial charge < -0.3 is 5.73 Å². The number of aromatic nitrogens is 5. The molecule has 0 aliphatic heterocycles. The van der Waals surface area contributed by atoms with E-state index < -0.39 is 17.0 Å². The van der Waals surface area contributed by atoms with Gasteiger partial charge in [-0.1, -0.05) is 17.8 Å². The van der Waals surface area contributed by atoms with E-state index in [1.807, 2.05) is 17.5 Å². The minimum Gasteiger partial charge on any atom is -0.384 e. The lowest BCUT2D eigenvalue weighted by Gasteiger charge is -2.10. The number of carbonyl (C=O) groups excluding carboxylic acids is 1. The molecule has 0 atom stereocenters. The summed E-state index contributed by atoms with van der Waals surface area (Å²) in [5.74, 6) is -0.0871. The van der Waals surface area contributed by atoms with Crippen LogP contribution in [0.15, 0.2) is 32.3 Å². The highest BCUT2D eigenvalue weighted by molar-refractivity contribution is 7.99. The van der Waals surface area contributed by atoms with Crippen molar-refractivity contribution in [2.75, 3.05) is 11.5 Å². The van der Waals surface area contributed by atoms with Crippen molar-refractivity contribution in [3.63, 3.8) is 0 Å². The number of thioether (sulfide) groups is 1. The van der Waals surface area contributed by atoms with Gasteiger partial charge in [0.1, 0.15) is 11.4 Å². The number of aromatic amines is 1. The number of nitrogens with two attached hydrogens (primary N) is 1. The molecule has 3 heterocycles. The Kier molecular flexibility index (Phi) is 4.59. The SMILES string of the molecule is Cn1c(N)c(C(=O)CSc2n[nH]c(-c3cccs3)n2)c(=O)n(C)c1=O. The summed E-state index contributed by atoms with van der Waals surface area (Å²) >= 11 is 2.60. The van der Waals surface area contributed by atoms with E-state index in [2.05, 4.69) is 15.2 Å². The summed E-state index contributed by atoms with van der Waals surface area (Å²) in [5.41, 5.74) is 4.28.